The Labute approximate surface area is 131 Å². The molecule has 0 atom stereocenters. The lowest BCUT2D eigenvalue weighted by molar-refractivity contribution is 0.150. The topological polar surface area (TPSA) is 35.6 Å². The highest BCUT2D eigenvalue weighted by molar-refractivity contribution is 6.32. The normalized spacial score (nSPS) is 17.1. The van der Waals surface area contributed by atoms with E-state index >= 15 is 0 Å². The summed E-state index contributed by atoms with van der Waals surface area (Å²) in [5.41, 5.74) is 0.890. The molecule has 5 heteroatoms. The first-order valence-corrected chi connectivity index (χ1v) is 7.58. The maximum absolute atomic E-state index is 12.1. The van der Waals surface area contributed by atoms with E-state index in [2.05, 4.69) is 17.3 Å². The van der Waals surface area contributed by atoms with Crippen molar-refractivity contribution in [1.29, 1.82) is 0 Å². The Balaban J connectivity index is 1.85. The number of hydrogen-bond donors (Lipinski definition) is 1. The highest BCUT2D eigenvalue weighted by Crippen LogP contribution is 2.16. The number of nitrogens with one attached hydrogen (secondary N) is 1. The second-order valence-electron chi connectivity index (χ2n) is 5.45. The van der Waals surface area contributed by atoms with Crippen molar-refractivity contribution in [1.82, 2.24) is 15.1 Å². The van der Waals surface area contributed by atoms with E-state index in [1.54, 1.807) is 11.1 Å². The lowest BCUT2D eigenvalue weighted by atomic mass is 10.0. The summed E-state index contributed by atoms with van der Waals surface area (Å²) >= 11 is 6.06. The van der Waals surface area contributed by atoms with Crippen LogP contribution in [0.3, 0.4) is 0 Å². The number of carbonyl (C=O) groups excluding carboxylic acids is 1. The minimum atomic E-state index is -0.0761. The van der Waals surface area contributed by atoms with Crippen LogP contribution in [0.2, 0.25) is 5.02 Å². The van der Waals surface area contributed by atoms with Crippen LogP contribution < -0.4 is 5.32 Å². The number of rotatable bonds is 3. The fourth-order valence-electron chi connectivity index (χ4n) is 2.46. The van der Waals surface area contributed by atoms with E-state index in [1.165, 1.54) is 0 Å². The molecule has 0 aromatic heterocycles. The van der Waals surface area contributed by atoms with Gasteiger partial charge in [-0.1, -0.05) is 29.8 Å². The van der Waals surface area contributed by atoms with Crippen molar-refractivity contribution in [3.63, 3.8) is 0 Å². The van der Waals surface area contributed by atoms with Gasteiger partial charge in [0.05, 0.1) is 0 Å². The highest BCUT2D eigenvalue weighted by atomic mass is 35.5. The van der Waals surface area contributed by atoms with Crippen LogP contribution in [0.25, 0.3) is 6.08 Å². The Bertz CT molecular complexity index is 510. The summed E-state index contributed by atoms with van der Waals surface area (Å²) in [4.78, 5) is 16.2. The monoisotopic (exact) mass is 307 g/mol. The van der Waals surface area contributed by atoms with Gasteiger partial charge in [-0.05, 0) is 50.7 Å². The fourth-order valence-corrected chi connectivity index (χ4v) is 2.66. The molecule has 1 aliphatic rings. The summed E-state index contributed by atoms with van der Waals surface area (Å²) in [7, 11) is 3.97. The molecule has 1 aromatic rings. The number of amides is 2. The van der Waals surface area contributed by atoms with E-state index in [9.17, 15) is 4.79 Å². The van der Waals surface area contributed by atoms with Gasteiger partial charge in [0, 0.05) is 24.3 Å². The summed E-state index contributed by atoms with van der Waals surface area (Å²) < 4.78 is 0. The van der Waals surface area contributed by atoms with Crippen LogP contribution >= 0.6 is 11.6 Å². The molecule has 1 N–H and O–H groups in total. The van der Waals surface area contributed by atoms with Gasteiger partial charge in [-0.2, -0.15) is 0 Å². The number of benzene rings is 1. The van der Waals surface area contributed by atoms with Crippen molar-refractivity contribution in [2.45, 2.75) is 18.9 Å². The predicted octanol–water partition coefficient (Wildman–Crippen LogP) is 3.05. The number of carbonyl (C=O) groups is 1. The van der Waals surface area contributed by atoms with E-state index < -0.39 is 0 Å². The molecule has 0 saturated carbocycles. The van der Waals surface area contributed by atoms with Crippen LogP contribution in [0.1, 0.15) is 18.4 Å². The third kappa shape index (κ3) is 4.48. The molecule has 0 aliphatic carbocycles. The molecular formula is C16H22ClN3O. The molecule has 2 rings (SSSR count). The standard InChI is InChI=1S/C16H22ClN3O/c1-19-11-8-14(9-12-19)20(2)16(21)18-10-7-13-5-3-4-6-15(13)17/h3-7,10,14H,8-9,11-12H2,1-2H3,(H,18,21)/b10-7+. The molecule has 4 nitrogen and oxygen atoms in total. The zero-order chi connectivity index (χ0) is 15.2. The molecular weight excluding hydrogens is 286 g/mol. The quantitative estimate of drug-likeness (QED) is 0.931. The van der Waals surface area contributed by atoms with Gasteiger partial charge in [0.25, 0.3) is 0 Å². The molecule has 2 amide bonds. The van der Waals surface area contributed by atoms with Gasteiger partial charge < -0.3 is 15.1 Å². The van der Waals surface area contributed by atoms with Gasteiger partial charge >= 0.3 is 6.03 Å². The smallest absolute Gasteiger partial charge is 0.321 e. The van der Waals surface area contributed by atoms with Crippen LogP contribution in [0.15, 0.2) is 30.5 Å². The summed E-state index contributed by atoms with van der Waals surface area (Å²) in [5, 5.41) is 3.47. The number of halogens is 1. The third-order valence-corrected chi connectivity index (χ3v) is 4.28. The number of nitrogens with zero attached hydrogens (tertiary/aromatic N) is 2. The molecule has 114 valence electrons. The molecule has 1 heterocycles. The average molecular weight is 308 g/mol. The van der Waals surface area contributed by atoms with Gasteiger partial charge in [0.15, 0.2) is 0 Å². The Kier molecular flexibility index (Phi) is 5.65. The minimum Gasteiger partial charge on any atom is -0.325 e. The summed E-state index contributed by atoms with van der Waals surface area (Å²) in [6, 6.07) is 7.77. The van der Waals surface area contributed by atoms with Crippen molar-refractivity contribution in [3.05, 3.63) is 41.1 Å². The number of hydrogen-bond acceptors (Lipinski definition) is 2. The van der Waals surface area contributed by atoms with E-state index in [-0.39, 0.29) is 6.03 Å². The van der Waals surface area contributed by atoms with Gasteiger partial charge in [0.1, 0.15) is 0 Å². The molecule has 1 saturated heterocycles. The van der Waals surface area contributed by atoms with Crippen LogP contribution in [-0.4, -0.2) is 49.1 Å². The number of urea groups is 1. The van der Waals surface area contributed by atoms with Crippen LogP contribution in [0, 0.1) is 0 Å². The Hall–Kier alpha value is -1.52. The maximum atomic E-state index is 12.1. The Morgan fingerprint density at radius 3 is 2.71 bits per heavy atom. The zero-order valence-corrected chi connectivity index (χ0v) is 13.3. The molecule has 1 aliphatic heterocycles. The second kappa shape index (κ2) is 7.48. The number of likely N-dealkylation sites (tertiary alicyclic amines) is 1. The van der Waals surface area contributed by atoms with Crippen molar-refractivity contribution in [2.24, 2.45) is 0 Å². The Morgan fingerprint density at radius 2 is 2.05 bits per heavy atom. The zero-order valence-electron chi connectivity index (χ0n) is 12.6. The third-order valence-electron chi connectivity index (χ3n) is 3.93. The van der Waals surface area contributed by atoms with Gasteiger partial charge in [0.2, 0.25) is 0 Å². The summed E-state index contributed by atoms with van der Waals surface area (Å²) in [5.74, 6) is 0. The minimum absolute atomic E-state index is 0.0761. The van der Waals surface area contributed by atoms with Gasteiger partial charge in [-0.25, -0.2) is 4.79 Å². The van der Waals surface area contributed by atoms with Crippen molar-refractivity contribution in [2.75, 3.05) is 27.2 Å². The summed E-state index contributed by atoms with van der Waals surface area (Å²) in [6.07, 6.45) is 5.50. The molecule has 0 bridgehead atoms. The van der Waals surface area contributed by atoms with Crippen LogP contribution in [0.4, 0.5) is 4.79 Å². The van der Waals surface area contributed by atoms with Crippen molar-refractivity contribution < 1.29 is 4.79 Å². The van der Waals surface area contributed by atoms with E-state index in [0.29, 0.717) is 11.1 Å². The molecule has 21 heavy (non-hydrogen) atoms. The van der Waals surface area contributed by atoms with E-state index in [4.69, 9.17) is 11.6 Å². The lowest BCUT2D eigenvalue weighted by Crippen LogP contribution is -2.47. The summed E-state index contributed by atoms with van der Waals surface area (Å²) in [6.45, 7) is 2.08. The highest BCUT2D eigenvalue weighted by Gasteiger charge is 2.23. The first-order chi connectivity index (χ1) is 10.1. The van der Waals surface area contributed by atoms with E-state index in [1.807, 2.05) is 37.4 Å². The van der Waals surface area contributed by atoms with Gasteiger partial charge in [-0.3, -0.25) is 0 Å². The van der Waals surface area contributed by atoms with Crippen LogP contribution in [-0.2, 0) is 0 Å². The number of piperidine rings is 1. The first-order valence-electron chi connectivity index (χ1n) is 7.21. The predicted molar refractivity (Wildman–Crippen MR) is 87.3 cm³/mol. The average Bonchev–Trinajstić information content (AvgIpc) is 2.49. The fraction of sp³-hybridized carbons (Fsp3) is 0.438. The molecule has 0 spiro atoms. The Morgan fingerprint density at radius 1 is 1.38 bits per heavy atom. The largest absolute Gasteiger partial charge is 0.325 e. The first kappa shape index (κ1) is 15.9. The van der Waals surface area contributed by atoms with Crippen LogP contribution in [0.5, 0.6) is 0 Å². The van der Waals surface area contributed by atoms with Crippen molar-refractivity contribution >= 4 is 23.7 Å². The van der Waals surface area contributed by atoms with Crippen molar-refractivity contribution in [3.8, 4) is 0 Å². The lowest BCUT2D eigenvalue weighted by Gasteiger charge is -2.34. The molecule has 0 unspecified atom stereocenters. The van der Waals surface area contributed by atoms with Gasteiger partial charge in [-0.15, -0.1) is 0 Å². The molecule has 1 aromatic carbocycles. The molecule has 1 fully saturated rings. The SMILES string of the molecule is CN1CCC(N(C)C(=O)N/C=C/c2ccccc2Cl)CC1. The maximum Gasteiger partial charge on any atom is 0.321 e. The molecule has 0 radical (unpaired) electrons. The second-order valence-corrected chi connectivity index (χ2v) is 5.86. The van der Waals surface area contributed by atoms with E-state index in [0.717, 1.165) is 31.5 Å².